The molecule has 100 valence electrons. The van der Waals surface area contributed by atoms with Gasteiger partial charge in [-0.25, -0.2) is 4.98 Å². The van der Waals surface area contributed by atoms with Gasteiger partial charge in [0.2, 0.25) is 0 Å². The fourth-order valence-electron chi connectivity index (χ4n) is 1.32. The molecule has 17 heavy (non-hydrogen) atoms. The molecule has 0 saturated carbocycles. The summed E-state index contributed by atoms with van der Waals surface area (Å²) in [4.78, 5) is 7.60. The van der Waals surface area contributed by atoms with Crippen LogP contribution in [0.4, 0.5) is 5.13 Å². The SMILES string of the molecule is COCC(C)(C)NCc1cnc(N(C)C)s1.Cl. The molecule has 0 amide bonds. The summed E-state index contributed by atoms with van der Waals surface area (Å²) in [6, 6.07) is 0. The lowest BCUT2D eigenvalue weighted by Crippen LogP contribution is -2.42. The van der Waals surface area contributed by atoms with Crippen LogP contribution in [0.3, 0.4) is 0 Å². The molecule has 1 rings (SSSR count). The Balaban J connectivity index is 0.00000256. The molecule has 6 heteroatoms. The van der Waals surface area contributed by atoms with Crippen molar-refractivity contribution in [2.45, 2.75) is 25.9 Å². The van der Waals surface area contributed by atoms with Crippen LogP contribution in [0, 0.1) is 0 Å². The number of rotatable bonds is 6. The van der Waals surface area contributed by atoms with Crippen molar-refractivity contribution in [3.63, 3.8) is 0 Å². The summed E-state index contributed by atoms with van der Waals surface area (Å²) < 4.78 is 5.16. The molecule has 0 radical (unpaired) electrons. The van der Waals surface area contributed by atoms with Gasteiger partial charge in [0.15, 0.2) is 5.13 Å². The molecular weight excluding hydrogens is 258 g/mol. The van der Waals surface area contributed by atoms with Crippen LogP contribution in [0.5, 0.6) is 0 Å². The standard InChI is InChI=1S/C11H21N3OS.ClH/c1-11(2,8-15-5)13-7-9-6-12-10(16-9)14(3)4;/h6,13H,7-8H2,1-5H3;1H. The summed E-state index contributed by atoms with van der Waals surface area (Å²) in [7, 11) is 5.73. The molecule has 0 fully saturated rings. The number of nitrogens with zero attached hydrogens (tertiary/aromatic N) is 2. The maximum absolute atomic E-state index is 5.16. The minimum atomic E-state index is -0.00296. The maximum Gasteiger partial charge on any atom is 0.185 e. The number of hydrogen-bond acceptors (Lipinski definition) is 5. The second kappa shape index (κ2) is 7.16. The first-order chi connectivity index (χ1) is 7.44. The van der Waals surface area contributed by atoms with Crippen molar-refractivity contribution >= 4 is 28.9 Å². The van der Waals surface area contributed by atoms with Crippen LogP contribution in [0.25, 0.3) is 0 Å². The van der Waals surface area contributed by atoms with Crippen LogP contribution >= 0.6 is 23.7 Å². The first-order valence-corrected chi connectivity index (χ1v) is 6.12. The third kappa shape index (κ3) is 5.68. The molecule has 0 aliphatic heterocycles. The number of nitrogens with one attached hydrogen (secondary N) is 1. The Bertz CT molecular complexity index is 328. The summed E-state index contributed by atoms with van der Waals surface area (Å²) in [6.07, 6.45) is 1.93. The number of halogens is 1. The van der Waals surface area contributed by atoms with E-state index in [1.807, 2.05) is 25.2 Å². The van der Waals surface area contributed by atoms with Gasteiger partial charge in [-0.2, -0.15) is 0 Å². The summed E-state index contributed by atoms with van der Waals surface area (Å²) in [5.41, 5.74) is -0.00296. The highest BCUT2D eigenvalue weighted by Crippen LogP contribution is 2.20. The smallest absolute Gasteiger partial charge is 0.185 e. The molecule has 1 N–H and O–H groups in total. The lowest BCUT2D eigenvalue weighted by Gasteiger charge is -2.24. The Morgan fingerprint density at radius 1 is 1.47 bits per heavy atom. The van der Waals surface area contributed by atoms with E-state index in [1.165, 1.54) is 4.88 Å². The fourth-order valence-corrected chi connectivity index (χ4v) is 2.10. The van der Waals surface area contributed by atoms with Gasteiger partial charge in [-0.1, -0.05) is 0 Å². The second-order valence-electron chi connectivity index (χ2n) is 4.67. The molecule has 0 atom stereocenters. The summed E-state index contributed by atoms with van der Waals surface area (Å²) in [5.74, 6) is 0. The van der Waals surface area contributed by atoms with E-state index in [9.17, 15) is 0 Å². The number of aromatic nitrogens is 1. The fraction of sp³-hybridized carbons (Fsp3) is 0.727. The second-order valence-corrected chi connectivity index (χ2v) is 5.77. The van der Waals surface area contributed by atoms with Crippen molar-refractivity contribution in [3.8, 4) is 0 Å². The van der Waals surface area contributed by atoms with E-state index in [-0.39, 0.29) is 17.9 Å². The summed E-state index contributed by atoms with van der Waals surface area (Å²) in [5, 5.41) is 4.50. The van der Waals surface area contributed by atoms with E-state index < -0.39 is 0 Å². The van der Waals surface area contributed by atoms with Gasteiger partial charge in [0.25, 0.3) is 0 Å². The Morgan fingerprint density at radius 3 is 2.59 bits per heavy atom. The molecule has 0 spiro atoms. The first kappa shape index (κ1) is 16.6. The first-order valence-electron chi connectivity index (χ1n) is 5.30. The topological polar surface area (TPSA) is 37.4 Å². The Kier molecular flexibility index (Phi) is 7.01. The Labute approximate surface area is 114 Å². The molecule has 0 bridgehead atoms. The van der Waals surface area contributed by atoms with Crippen LogP contribution in [0.2, 0.25) is 0 Å². The van der Waals surface area contributed by atoms with Crippen LogP contribution in [-0.4, -0.2) is 38.3 Å². The normalized spacial score (nSPS) is 11.1. The predicted molar refractivity (Wildman–Crippen MR) is 76.5 cm³/mol. The van der Waals surface area contributed by atoms with Gasteiger partial charge in [-0.05, 0) is 13.8 Å². The average molecular weight is 280 g/mol. The third-order valence-corrected chi connectivity index (χ3v) is 3.34. The molecule has 0 saturated heterocycles. The largest absolute Gasteiger partial charge is 0.383 e. The maximum atomic E-state index is 5.16. The van der Waals surface area contributed by atoms with E-state index in [0.717, 1.165) is 11.7 Å². The quantitative estimate of drug-likeness (QED) is 0.866. The monoisotopic (exact) mass is 279 g/mol. The molecule has 1 aromatic rings. The van der Waals surface area contributed by atoms with Crippen LogP contribution in [0.15, 0.2) is 6.20 Å². The van der Waals surface area contributed by atoms with Gasteiger partial charge in [-0.15, -0.1) is 23.7 Å². The van der Waals surface area contributed by atoms with Gasteiger partial charge in [0, 0.05) is 44.4 Å². The minimum absolute atomic E-state index is 0. The van der Waals surface area contributed by atoms with Crippen LogP contribution < -0.4 is 10.2 Å². The van der Waals surface area contributed by atoms with Crippen molar-refractivity contribution < 1.29 is 4.74 Å². The highest BCUT2D eigenvalue weighted by Gasteiger charge is 2.16. The molecule has 0 aliphatic carbocycles. The van der Waals surface area contributed by atoms with E-state index >= 15 is 0 Å². The van der Waals surface area contributed by atoms with Gasteiger partial charge in [0.1, 0.15) is 0 Å². The Morgan fingerprint density at radius 2 is 2.12 bits per heavy atom. The molecule has 1 heterocycles. The third-order valence-electron chi connectivity index (χ3n) is 2.17. The van der Waals surface area contributed by atoms with Crippen molar-refractivity contribution in [2.24, 2.45) is 0 Å². The number of thiazole rings is 1. The Hall–Kier alpha value is -0.360. The van der Waals surface area contributed by atoms with Gasteiger partial charge >= 0.3 is 0 Å². The van der Waals surface area contributed by atoms with Gasteiger partial charge in [-0.3, -0.25) is 0 Å². The van der Waals surface area contributed by atoms with Gasteiger partial charge < -0.3 is 15.0 Å². The summed E-state index contributed by atoms with van der Waals surface area (Å²) >= 11 is 1.71. The van der Waals surface area contributed by atoms with E-state index in [2.05, 4.69) is 24.1 Å². The highest BCUT2D eigenvalue weighted by atomic mass is 35.5. The minimum Gasteiger partial charge on any atom is -0.383 e. The van der Waals surface area contributed by atoms with E-state index in [1.54, 1.807) is 18.4 Å². The van der Waals surface area contributed by atoms with Crippen molar-refractivity contribution in [2.75, 3.05) is 32.7 Å². The molecular formula is C11H22ClN3OS. The van der Waals surface area contributed by atoms with E-state index in [0.29, 0.717) is 6.61 Å². The molecule has 0 unspecified atom stereocenters. The zero-order chi connectivity index (χ0) is 12.2. The van der Waals surface area contributed by atoms with Crippen molar-refractivity contribution in [1.29, 1.82) is 0 Å². The molecule has 0 aliphatic rings. The molecule has 4 nitrogen and oxygen atoms in total. The van der Waals surface area contributed by atoms with Crippen LogP contribution in [0.1, 0.15) is 18.7 Å². The van der Waals surface area contributed by atoms with Crippen molar-refractivity contribution in [1.82, 2.24) is 10.3 Å². The van der Waals surface area contributed by atoms with E-state index in [4.69, 9.17) is 4.74 Å². The highest BCUT2D eigenvalue weighted by molar-refractivity contribution is 7.15. The lowest BCUT2D eigenvalue weighted by atomic mass is 10.1. The zero-order valence-corrected chi connectivity index (χ0v) is 12.7. The number of ether oxygens (including phenoxy) is 1. The lowest BCUT2D eigenvalue weighted by molar-refractivity contribution is 0.128. The number of anilines is 1. The molecule has 0 aromatic carbocycles. The van der Waals surface area contributed by atoms with Crippen LogP contribution in [-0.2, 0) is 11.3 Å². The number of methoxy groups -OCH3 is 1. The summed E-state index contributed by atoms with van der Waals surface area (Å²) in [6.45, 7) is 5.79. The predicted octanol–water partition coefficient (Wildman–Crippen LogP) is 2.15. The molecule has 1 aromatic heterocycles. The average Bonchev–Trinajstić information content (AvgIpc) is 2.63. The van der Waals surface area contributed by atoms with Gasteiger partial charge in [0.05, 0.1) is 6.61 Å². The number of hydrogen-bond donors (Lipinski definition) is 1. The zero-order valence-electron chi connectivity index (χ0n) is 11.1. The van der Waals surface area contributed by atoms with Crippen molar-refractivity contribution in [3.05, 3.63) is 11.1 Å².